The van der Waals surface area contributed by atoms with E-state index >= 15 is 0 Å². The highest BCUT2D eigenvalue weighted by Crippen LogP contribution is 2.23. The van der Waals surface area contributed by atoms with E-state index in [2.05, 4.69) is 5.32 Å². The minimum atomic E-state index is 0.499. The van der Waals surface area contributed by atoms with Crippen molar-refractivity contribution in [3.05, 3.63) is 54.6 Å². The number of nitrogens with one attached hydrogen (secondary N) is 1. The van der Waals surface area contributed by atoms with Crippen molar-refractivity contribution < 1.29 is 9.47 Å². The summed E-state index contributed by atoms with van der Waals surface area (Å²) in [6, 6.07) is 17.2. The minimum Gasteiger partial charge on any atom is -0.478 e. The van der Waals surface area contributed by atoms with Gasteiger partial charge in [-0.1, -0.05) is 18.2 Å². The van der Waals surface area contributed by atoms with Crippen LogP contribution in [0.3, 0.4) is 0 Å². The number of hydrogen-bond acceptors (Lipinski definition) is 3. The van der Waals surface area contributed by atoms with Crippen molar-refractivity contribution in [1.29, 1.82) is 0 Å². The molecule has 17 heavy (non-hydrogen) atoms. The minimum absolute atomic E-state index is 0.499. The average molecular weight is 229 g/mol. The highest BCUT2D eigenvalue weighted by Gasteiger charge is 1.97. The first-order valence-electron chi connectivity index (χ1n) is 5.49. The summed E-state index contributed by atoms with van der Waals surface area (Å²) in [6.45, 7) is 0.499. The molecule has 0 amide bonds. The molecule has 0 saturated carbocycles. The third-order valence-corrected chi connectivity index (χ3v) is 2.19. The fourth-order valence-electron chi connectivity index (χ4n) is 1.38. The molecule has 0 aliphatic carbocycles. The molecule has 3 nitrogen and oxygen atoms in total. The Kier molecular flexibility index (Phi) is 4.00. The normalized spacial score (nSPS) is 9.94. The molecule has 0 fully saturated rings. The lowest BCUT2D eigenvalue weighted by Gasteiger charge is -2.07. The standard InChI is InChI=1S/C14H15NO2/c1-15-11-16-12-7-9-14(10-8-12)17-13-5-3-2-4-6-13/h2-10,15H,11H2,1H3. The second-order valence-corrected chi connectivity index (χ2v) is 3.53. The highest BCUT2D eigenvalue weighted by atomic mass is 16.5. The summed E-state index contributed by atoms with van der Waals surface area (Å²) >= 11 is 0. The molecule has 1 N–H and O–H groups in total. The van der Waals surface area contributed by atoms with Crippen molar-refractivity contribution in [2.24, 2.45) is 0 Å². The highest BCUT2D eigenvalue weighted by molar-refractivity contribution is 5.35. The van der Waals surface area contributed by atoms with Gasteiger partial charge in [-0.3, -0.25) is 5.32 Å². The maximum Gasteiger partial charge on any atom is 0.139 e. The molecule has 0 aliphatic heterocycles. The number of rotatable bonds is 5. The van der Waals surface area contributed by atoms with E-state index in [0.717, 1.165) is 17.2 Å². The lowest BCUT2D eigenvalue weighted by molar-refractivity contribution is 0.295. The molecule has 2 aromatic rings. The van der Waals surface area contributed by atoms with Crippen LogP contribution in [-0.4, -0.2) is 13.8 Å². The molecule has 0 unspecified atom stereocenters. The Labute approximate surface area is 101 Å². The van der Waals surface area contributed by atoms with E-state index in [9.17, 15) is 0 Å². The Hall–Kier alpha value is -2.00. The zero-order valence-electron chi connectivity index (χ0n) is 9.72. The van der Waals surface area contributed by atoms with E-state index in [4.69, 9.17) is 9.47 Å². The number of ether oxygens (including phenoxy) is 2. The van der Waals surface area contributed by atoms with Gasteiger partial charge in [0.05, 0.1) is 0 Å². The van der Waals surface area contributed by atoms with E-state index in [1.807, 2.05) is 61.6 Å². The lowest BCUT2D eigenvalue weighted by Crippen LogP contribution is -2.13. The van der Waals surface area contributed by atoms with Gasteiger partial charge in [-0.25, -0.2) is 0 Å². The van der Waals surface area contributed by atoms with Crippen LogP contribution in [0.4, 0.5) is 0 Å². The van der Waals surface area contributed by atoms with Gasteiger partial charge in [0.1, 0.15) is 24.0 Å². The van der Waals surface area contributed by atoms with E-state index in [1.165, 1.54) is 0 Å². The van der Waals surface area contributed by atoms with Gasteiger partial charge in [0.2, 0.25) is 0 Å². The summed E-state index contributed by atoms with van der Waals surface area (Å²) in [5.74, 6) is 2.45. The van der Waals surface area contributed by atoms with Crippen LogP contribution in [0, 0.1) is 0 Å². The molecule has 3 heteroatoms. The summed E-state index contributed by atoms with van der Waals surface area (Å²) in [6.07, 6.45) is 0. The fraction of sp³-hybridized carbons (Fsp3) is 0.143. The molecule has 0 aliphatic rings. The first-order valence-corrected chi connectivity index (χ1v) is 5.49. The summed E-state index contributed by atoms with van der Waals surface area (Å²) in [5.41, 5.74) is 0. The van der Waals surface area contributed by atoms with E-state index in [-0.39, 0.29) is 0 Å². The smallest absolute Gasteiger partial charge is 0.139 e. The van der Waals surface area contributed by atoms with Crippen molar-refractivity contribution in [3.8, 4) is 17.2 Å². The molecular weight excluding hydrogens is 214 g/mol. The van der Waals surface area contributed by atoms with E-state index < -0.39 is 0 Å². The molecule has 88 valence electrons. The third-order valence-electron chi connectivity index (χ3n) is 2.19. The summed E-state index contributed by atoms with van der Waals surface area (Å²) in [5, 5.41) is 2.92. The number of benzene rings is 2. The predicted octanol–water partition coefficient (Wildman–Crippen LogP) is 3.03. The second-order valence-electron chi connectivity index (χ2n) is 3.53. The van der Waals surface area contributed by atoms with Crippen LogP contribution in [0.15, 0.2) is 54.6 Å². The third kappa shape index (κ3) is 3.50. The first kappa shape index (κ1) is 11.5. The summed E-state index contributed by atoms with van der Waals surface area (Å²) in [4.78, 5) is 0. The van der Waals surface area contributed by atoms with Crippen LogP contribution in [0.2, 0.25) is 0 Å². The van der Waals surface area contributed by atoms with Crippen LogP contribution in [0.25, 0.3) is 0 Å². The predicted molar refractivity (Wildman–Crippen MR) is 67.5 cm³/mol. The van der Waals surface area contributed by atoms with Crippen LogP contribution in [0.1, 0.15) is 0 Å². The van der Waals surface area contributed by atoms with Crippen LogP contribution >= 0.6 is 0 Å². The Balaban J connectivity index is 1.98. The fourth-order valence-corrected chi connectivity index (χ4v) is 1.38. The van der Waals surface area contributed by atoms with Crippen molar-refractivity contribution >= 4 is 0 Å². The van der Waals surface area contributed by atoms with Gasteiger partial charge in [-0.15, -0.1) is 0 Å². The van der Waals surface area contributed by atoms with Crippen LogP contribution in [0.5, 0.6) is 17.2 Å². The largest absolute Gasteiger partial charge is 0.478 e. The molecule has 0 atom stereocenters. The van der Waals surface area contributed by atoms with Gasteiger partial charge in [-0.05, 0) is 43.4 Å². The maximum absolute atomic E-state index is 5.67. The van der Waals surface area contributed by atoms with Gasteiger partial charge >= 0.3 is 0 Å². The van der Waals surface area contributed by atoms with Crippen molar-refractivity contribution in [2.45, 2.75) is 0 Å². The van der Waals surface area contributed by atoms with Gasteiger partial charge in [-0.2, -0.15) is 0 Å². The molecule has 0 aromatic heterocycles. The Morgan fingerprint density at radius 3 is 2.06 bits per heavy atom. The Morgan fingerprint density at radius 2 is 1.41 bits per heavy atom. The molecule has 0 radical (unpaired) electrons. The van der Waals surface area contributed by atoms with Crippen LogP contribution < -0.4 is 14.8 Å². The molecule has 2 rings (SSSR count). The maximum atomic E-state index is 5.67. The monoisotopic (exact) mass is 229 g/mol. The number of hydrogen-bond donors (Lipinski definition) is 1. The Bertz CT molecular complexity index is 440. The quantitative estimate of drug-likeness (QED) is 0.799. The summed E-state index contributed by atoms with van der Waals surface area (Å²) in [7, 11) is 1.84. The topological polar surface area (TPSA) is 30.5 Å². The van der Waals surface area contributed by atoms with Gasteiger partial charge in [0.15, 0.2) is 0 Å². The molecule has 0 bridgehead atoms. The Morgan fingerprint density at radius 1 is 0.824 bits per heavy atom. The van der Waals surface area contributed by atoms with Crippen molar-refractivity contribution in [2.75, 3.05) is 13.8 Å². The summed E-state index contributed by atoms with van der Waals surface area (Å²) < 4.78 is 11.1. The zero-order valence-corrected chi connectivity index (χ0v) is 9.72. The van der Waals surface area contributed by atoms with Gasteiger partial charge < -0.3 is 9.47 Å². The van der Waals surface area contributed by atoms with Crippen molar-refractivity contribution in [1.82, 2.24) is 5.32 Å². The average Bonchev–Trinajstić information content (AvgIpc) is 2.39. The molecule has 0 saturated heterocycles. The second kappa shape index (κ2) is 5.92. The molecular formula is C14H15NO2. The van der Waals surface area contributed by atoms with Crippen LogP contribution in [-0.2, 0) is 0 Å². The van der Waals surface area contributed by atoms with Gasteiger partial charge in [0.25, 0.3) is 0 Å². The first-order chi connectivity index (χ1) is 8.38. The molecule has 2 aromatic carbocycles. The van der Waals surface area contributed by atoms with Crippen molar-refractivity contribution in [3.63, 3.8) is 0 Å². The zero-order chi connectivity index (χ0) is 11.9. The van der Waals surface area contributed by atoms with E-state index in [0.29, 0.717) is 6.73 Å². The molecule has 0 heterocycles. The lowest BCUT2D eigenvalue weighted by atomic mass is 10.3. The molecule has 0 spiro atoms. The number of para-hydroxylation sites is 1. The van der Waals surface area contributed by atoms with E-state index in [1.54, 1.807) is 0 Å². The SMILES string of the molecule is CNCOc1ccc(Oc2ccccc2)cc1. The van der Waals surface area contributed by atoms with Gasteiger partial charge in [0, 0.05) is 0 Å².